The fourth-order valence-electron chi connectivity index (χ4n) is 4.98. The maximum atomic E-state index is 13.5. The highest BCUT2D eigenvalue weighted by molar-refractivity contribution is 8.30. The van der Waals surface area contributed by atoms with Crippen LogP contribution in [-0.4, -0.2) is 42.6 Å². The van der Waals surface area contributed by atoms with Crippen LogP contribution in [0.3, 0.4) is 0 Å². The Bertz CT molecular complexity index is 1320. The molecule has 3 aromatic carbocycles. The van der Waals surface area contributed by atoms with Crippen LogP contribution in [0.1, 0.15) is 90.0 Å². The van der Waals surface area contributed by atoms with Crippen molar-refractivity contribution in [3.8, 4) is 34.5 Å². The first kappa shape index (κ1) is 37.7. The molecule has 0 heterocycles. The SMILES string of the molecule is CC(=O)OS(c1ccccc1)(c1c(OC(C)C)cc(OC(C)C)cc1OC(C)C)c1c(OC(C)C)cc(OC(C)C)cc1OC(C)C. The Labute approximate surface area is 283 Å². The molecule has 260 valence electrons. The third-order valence-electron chi connectivity index (χ3n) is 6.08. The van der Waals surface area contributed by atoms with E-state index in [1.54, 1.807) is 0 Å². The lowest BCUT2D eigenvalue weighted by molar-refractivity contribution is -0.131. The van der Waals surface area contributed by atoms with Gasteiger partial charge in [0.25, 0.3) is 0 Å². The van der Waals surface area contributed by atoms with Gasteiger partial charge in [-0.05, 0) is 95.2 Å². The molecule has 0 atom stereocenters. The Morgan fingerprint density at radius 2 is 0.787 bits per heavy atom. The first-order valence-corrected chi connectivity index (χ1v) is 18.0. The standard InChI is InChI=1S/C38H54O8S/c1-23(2)40-30-19-33(42-25(5)6)37(34(20-30)43-26(7)8)47(46-29(13)39,32-17-15-14-16-18-32)38-35(44-27(9)10)21-31(41-24(3)4)22-36(38)45-28(11)12/h14-28H,1-13H3. The molecule has 0 saturated carbocycles. The van der Waals surface area contributed by atoms with E-state index < -0.39 is 16.3 Å². The molecule has 0 N–H and O–H groups in total. The lowest BCUT2D eigenvalue weighted by Gasteiger charge is -2.43. The van der Waals surface area contributed by atoms with E-state index in [0.717, 1.165) is 4.90 Å². The zero-order valence-corrected chi connectivity index (χ0v) is 31.2. The van der Waals surface area contributed by atoms with Crippen LogP contribution in [0.2, 0.25) is 0 Å². The fraction of sp³-hybridized carbons (Fsp3) is 0.500. The van der Waals surface area contributed by atoms with E-state index >= 15 is 0 Å². The summed E-state index contributed by atoms with van der Waals surface area (Å²) in [5, 5.41) is 0. The number of hydrogen-bond acceptors (Lipinski definition) is 8. The number of benzene rings is 3. The van der Waals surface area contributed by atoms with Gasteiger partial charge in [-0.25, -0.2) is 0 Å². The highest BCUT2D eigenvalue weighted by Gasteiger charge is 2.46. The number of hydrogen-bond donors (Lipinski definition) is 0. The molecule has 3 rings (SSSR count). The minimum Gasteiger partial charge on any atom is -0.491 e. The van der Waals surface area contributed by atoms with Gasteiger partial charge in [0.05, 0.1) is 36.6 Å². The topological polar surface area (TPSA) is 81.7 Å². The van der Waals surface area contributed by atoms with Gasteiger partial charge in [0, 0.05) is 46.4 Å². The Morgan fingerprint density at radius 3 is 1.04 bits per heavy atom. The summed E-state index contributed by atoms with van der Waals surface area (Å²) in [7, 11) is -3.09. The van der Waals surface area contributed by atoms with Crippen LogP contribution < -0.4 is 28.4 Å². The summed E-state index contributed by atoms with van der Waals surface area (Å²) in [6, 6.07) is 17.1. The summed E-state index contributed by atoms with van der Waals surface area (Å²) in [4.78, 5) is 15.3. The van der Waals surface area contributed by atoms with Gasteiger partial charge < -0.3 is 32.6 Å². The van der Waals surface area contributed by atoms with Crippen molar-refractivity contribution >= 4 is 16.3 Å². The summed E-state index contributed by atoms with van der Waals surface area (Å²) in [6.45, 7) is 24.9. The predicted octanol–water partition coefficient (Wildman–Crippen LogP) is 10.2. The molecule has 0 aliphatic rings. The van der Waals surface area contributed by atoms with Crippen LogP contribution in [0, 0.1) is 0 Å². The smallest absolute Gasteiger partial charge is 0.313 e. The number of carbonyl (C=O) groups is 1. The Balaban J connectivity index is 2.74. The van der Waals surface area contributed by atoms with Crippen molar-refractivity contribution in [1.82, 2.24) is 0 Å². The summed E-state index contributed by atoms with van der Waals surface area (Å²) in [5.41, 5.74) is 0. The van der Waals surface area contributed by atoms with Crippen LogP contribution in [0.25, 0.3) is 0 Å². The third-order valence-corrected chi connectivity index (χ3v) is 9.45. The molecule has 0 spiro atoms. The van der Waals surface area contributed by atoms with E-state index in [2.05, 4.69) is 0 Å². The average Bonchev–Trinajstić information content (AvgIpc) is 2.90. The van der Waals surface area contributed by atoms with E-state index in [0.29, 0.717) is 44.3 Å². The van der Waals surface area contributed by atoms with Gasteiger partial charge in [-0.15, -0.1) is 0 Å². The van der Waals surface area contributed by atoms with Crippen molar-refractivity contribution in [2.45, 2.75) is 141 Å². The molecule has 0 bridgehead atoms. The minimum atomic E-state index is -3.09. The first-order chi connectivity index (χ1) is 22.0. The lowest BCUT2D eigenvalue weighted by Crippen LogP contribution is -2.20. The molecular formula is C38H54O8S. The molecule has 0 aliphatic heterocycles. The van der Waals surface area contributed by atoms with Crippen LogP contribution in [0.15, 0.2) is 69.3 Å². The highest BCUT2D eigenvalue weighted by Crippen LogP contribution is 2.77. The van der Waals surface area contributed by atoms with Crippen LogP contribution in [0.5, 0.6) is 34.5 Å². The zero-order valence-electron chi connectivity index (χ0n) is 30.3. The molecular weight excluding hydrogens is 616 g/mol. The van der Waals surface area contributed by atoms with Gasteiger partial charge >= 0.3 is 5.97 Å². The van der Waals surface area contributed by atoms with Crippen molar-refractivity contribution in [2.75, 3.05) is 0 Å². The molecule has 0 unspecified atom stereocenters. The minimum absolute atomic E-state index is 0.107. The van der Waals surface area contributed by atoms with Gasteiger partial charge in [-0.1, -0.05) is 18.2 Å². The Kier molecular flexibility index (Phi) is 13.2. The molecule has 8 nitrogen and oxygen atoms in total. The van der Waals surface area contributed by atoms with E-state index in [-0.39, 0.29) is 36.6 Å². The van der Waals surface area contributed by atoms with E-state index in [1.807, 2.05) is 138 Å². The van der Waals surface area contributed by atoms with E-state index in [9.17, 15) is 4.79 Å². The fourth-order valence-corrected chi connectivity index (χ4v) is 8.37. The lowest BCUT2D eigenvalue weighted by atomic mass is 10.2. The second-order valence-corrected chi connectivity index (χ2v) is 15.5. The number of ether oxygens (including phenoxy) is 6. The zero-order chi connectivity index (χ0) is 35.1. The largest absolute Gasteiger partial charge is 0.491 e. The number of carbonyl (C=O) groups excluding carboxylic acids is 1. The summed E-state index contributed by atoms with van der Waals surface area (Å²) < 4.78 is 45.6. The van der Waals surface area contributed by atoms with Crippen molar-refractivity contribution in [2.24, 2.45) is 0 Å². The van der Waals surface area contributed by atoms with E-state index in [4.69, 9.17) is 32.6 Å². The Hall–Kier alpha value is -3.72. The van der Waals surface area contributed by atoms with Crippen molar-refractivity contribution in [1.29, 1.82) is 0 Å². The Morgan fingerprint density at radius 1 is 0.489 bits per heavy atom. The quantitative estimate of drug-likeness (QED) is 0.149. The van der Waals surface area contributed by atoms with Gasteiger partial charge in [0.1, 0.15) is 44.3 Å². The predicted molar refractivity (Wildman–Crippen MR) is 188 cm³/mol. The molecule has 0 aromatic heterocycles. The second kappa shape index (κ2) is 16.4. The molecule has 0 aliphatic carbocycles. The third kappa shape index (κ3) is 9.89. The maximum absolute atomic E-state index is 13.5. The van der Waals surface area contributed by atoms with Gasteiger partial charge in [-0.2, -0.15) is 0 Å². The van der Waals surface area contributed by atoms with Crippen LogP contribution in [-0.2, 0) is 8.98 Å². The summed E-state index contributed by atoms with van der Waals surface area (Å²) in [6.07, 6.45) is -1.16. The molecule has 0 radical (unpaired) electrons. The average molecular weight is 671 g/mol. The molecule has 3 aromatic rings. The molecule has 9 heteroatoms. The molecule has 47 heavy (non-hydrogen) atoms. The monoisotopic (exact) mass is 670 g/mol. The molecule has 0 saturated heterocycles. The summed E-state index contributed by atoms with van der Waals surface area (Å²) >= 11 is 0. The van der Waals surface area contributed by atoms with Crippen LogP contribution >= 0.6 is 10.3 Å². The van der Waals surface area contributed by atoms with Gasteiger partial charge in [0.2, 0.25) is 0 Å². The van der Waals surface area contributed by atoms with Crippen molar-refractivity contribution in [3.05, 3.63) is 54.6 Å². The van der Waals surface area contributed by atoms with Crippen molar-refractivity contribution in [3.63, 3.8) is 0 Å². The summed E-state index contributed by atoms with van der Waals surface area (Å²) in [5.74, 6) is 2.48. The van der Waals surface area contributed by atoms with Gasteiger partial charge in [0.15, 0.2) is 0 Å². The molecule has 0 fully saturated rings. The van der Waals surface area contributed by atoms with E-state index in [1.165, 1.54) is 6.92 Å². The number of rotatable bonds is 16. The second-order valence-electron chi connectivity index (χ2n) is 12.9. The molecule has 0 amide bonds. The first-order valence-electron chi connectivity index (χ1n) is 16.5. The van der Waals surface area contributed by atoms with Crippen molar-refractivity contribution < 1.29 is 37.4 Å². The maximum Gasteiger partial charge on any atom is 0.313 e. The highest BCUT2D eigenvalue weighted by atomic mass is 32.3. The van der Waals surface area contributed by atoms with Crippen LogP contribution in [0.4, 0.5) is 0 Å². The van der Waals surface area contributed by atoms with Gasteiger partial charge in [-0.3, -0.25) is 4.79 Å². The normalized spacial score (nSPS) is 12.2.